The molecule has 1 spiro atoms. The van der Waals surface area contributed by atoms with Gasteiger partial charge in [0.2, 0.25) is 5.88 Å². The summed E-state index contributed by atoms with van der Waals surface area (Å²) < 4.78 is 12.6. The molecule has 0 saturated heterocycles. The minimum Gasteiger partial charge on any atom is -0.507 e. The van der Waals surface area contributed by atoms with Gasteiger partial charge in [0.05, 0.1) is 16.7 Å². The molecule has 7 rings (SSSR count). The lowest BCUT2D eigenvalue weighted by molar-refractivity contribution is -0.150. The molecular formula is C32H25NO11. The van der Waals surface area contributed by atoms with Crippen molar-refractivity contribution in [3.63, 3.8) is 0 Å². The Labute approximate surface area is 247 Å². The summed E-state index contributed by atoms with van der Waals surface area (Å²) in [6, 6.07) is 2.56. The van der Waals surface area contributed by atoms with E-state index < -0.39 is 70.2 Å². The van der Waals surface area contributed by atoms with Gasteiger partial charge in [-0.1, -0.05) is 0 Å². The summed E-state index contributed by atoms with van der Waals surface area (Å²) in [5, 5.41) is 31.6. The molecule has 12 nitrogen and oxygen atoms in total. The number of hydrogen-bond acceptors (Lipinski definition) is 10. The van der Waals surface area contributed by atoms with Crippen molar-refractivity contribution in [3.05, 3.63) is 77.7 Å². The van der Waals surface area contributed by atoms with E-state index >= 15 is 0 Å². The lowest BCUT2D eigenvalue weighted by Crippen LogP contribution is -2.55. The third-order valence-corrected chi connectivity index (χ3v) is 9.29. The zero-order valence-corrected chi connectivity index (χ0v) is 23.8. The number of aromatic hydroxyl groups is 2. The van der Waals surface area contributed by atoms with E-state index in [1.807, 2.05) is 0 Å². The van der Waals surface area contributed by atoms with Crippen LogP contribution in [0, 0.1) is 13.8 Å². The molecule has 0 saturated carbocycles. The quantitative estimate of drug-likeness (QED) is 0.286. The van der Waals surface area contributed by atoms with Gasteiger partial charge in [-0.3, -0.25) is 24.0 Å². The summed E-state index contributed by atoms with van der Waals surface area (Å²) in [6.07, 6.45) is -0.112. The average molecular weight is 600 g/mol. The molecule has 0 unspecified atom stereocenters. The van der Waals surface area contributed by atoms with Gasteiger partial charge in [0.25, 0.3) is 0 Å². The third kappa shape index (κ3) is 3.22. The van der Waals surface area contributed by atoms with Gasteiger partial charge in [-0.05, 0) is 60.0 Å². The standard InChI is InChI=1S/C32H25NO11/c1-11-7-15(35)21-20-14(9-33(30(21)41)6-4-5-17(37)38)27(39)26-23(18(11)20)24-28(40)19-12(2)8-16(36)22-25(19)32(26,10-43-31(22)42)29(24)44-13(3)34/h7-9,24,29,36,41H,4-6,10H2,1-3H3,(H,37,38)/t24-,29-,32-/m0/s1. The van der Waals surface area contributed by atoms with E-state index in [2.05, 4.69) is 0 Å². The molecule has 44 heavy (non-hydrogen) atoms. The number of ketones is 1. The molecule has 0 fully saturated rings. The summed E-state index contributed by atoms with van der Waals surface area (Å²) in [5.41, 5.74) is -1.99. The normalized spacial score (nSPS) is 21.3. The number of esters is 2. The number of cyclic esters (lactones) is 1. The van der Waals surface area contributed by atoms with Crippen molar-refractivity contribution in [2.45, 2.75) is 57.6 Å². The Morgan fingerprint density at radius 1 is 1.02 bits per heavy atom. The van der Waals surface area contributed by atoms with Crippen molar-refractivity contribution in [1.82, 2.24) is 4.57 Å². The monoisotopic (exact) mass is 599 g/mol. The first-order valence-electron chi connectivity index (χ1n) is 14.0. The fraction of sp³-hybridized carbons (Fsp3) is 0.312. The number of phenolic OH excluding ortho intramolecular Hbond substituents is 1. The Bertz CT molecular complexity index is 2180. The molecule has 12 heteroatoms. The summed E-state index contributed by atoms with van der Waals surface area (Å²) in [6.45, 7) is 3.89. The number of carbonyl (C=O) groups is 4. The molecule has 0 amide bonds. The van der Waals surface area contributed by atoms with Crippen LogP contribution in [0.1, 0.15) is 74.2 Å². The summed E-state index contributed by atoms with van der Waals surface area (Å²) in [5.74, 6) is -5.37. The SMILES string of the molecule is CC(=O)O[C@H]1[C@@H]2C(=O)c3c(C)cc(O)c4c3[C@@]1(COC4=O)c1c2c2c(C)cc(=O)c3c(O)n(CCCC(=O)O)cc(c1=O)c23. The van der Waals surface area contributed by atoms with Crippen LogP contribution in [0.5, 0.6) is 11.6 Å². The Hall–Kier alpha value is -5.26. The van der Waals surface area contributed by atoms with Crippen molar-refractivity contribution >= 4 is 45.2 Å². The molecule has 3 aromatic carbocycles. The molecule has 224 valence electrons. The molecule has 1 aliphatic heterocycles. The number of ether oxygens (including phenoxy) is 2. The van der Waals surface area contributed by atoms with Gasteiger partial charge >= 0.3 is 17.9 Å². The molecule has 1 aromatic heterocycles. The van der Waals surface area contributed by atoms with Crippen LogP contribution in [-0.2, 0) is 31.0 Å². The van der Waals surface area contributed by atoms with Crippen molar-refractivity contribution in [3.8, 4) is 11.6 Å². The number of carbonyl (C=O) groups excluding carboxylic acids is 3. The summed E-state index contributed by atoms with van der Waals surface area (Å²) in [4.78, 5) is 79.4. The molecule has 2 heterocycles. The van der Waals surface area contributed by atoms with Gasteiger partial charge in [-0.15, -0.1) is 0 Å². The number of phenols is 1. The Morgan fingerprint density at radius 2 is 1.75 bits per heavy atom. The lowest BCUT2D eigenvalue weighted by Gasteiger charge is -2.44. The highest BCUT2D eigenvalue weighted by molar-refractivity contribution is 6.19. The number of pyridine rings is 1. The van der Waals surface area contributed by atoms with Gasteiger partial charge in [-0.2, -0.15) is 0 Å². The number of hydrogen-bond donors (Lipinski definition) is 3. The van der Waals surface area contributed by atoms with E-state index in [9.17, 15) is 39.0 Å². The second-order valence-corrected chi connectivity index (χ2v) is 11.7. The van der Waals surface area contributed by atoms with Crippen LogP contribution in [0.15, 0.2) is 27.9 Å². The number of nitrogens with zero attached hydrogens (tertiary/aromatic N) is 1. The van der Waals surface area contributed by atoms with Crippen molar-refractivity contribution in [1.29, 1.82) is 0 Å². The maximum atomic E-state index is 14.8. The number of aryl methyl sites for hydroxylation is 3. The van der Waals surface area contributed by atoms with Gasteiger partial charge < -0.3 is 29.4 Å². The average Bonchev–Trinajstić information content (AvgIpc) is 3.14. The number of rotatable bonds is 5. The number of aliphatic carboxylic acids is 1. The highest BCUT2D eigenvalue weighted by Crippen LogP contribution is 2.61. The molecule has 4 aromatic rings. The first-order chi connectivity index (χ1) is 20.8. The Kier molecular flexibility index (Phi) is 5.56. The number of aromatic nitrogens is 1. The first kappa shape index (κ1) is 27.6. The van der Waals surface area contributed by atoms with Crippen LogP contribution in [-0.4, -0.2) is 56.3 Å². The third-order valence-electron chi connectivity index (χ3n) is 9.29. The number of carboxylic acids is 1. The summed E-state index contributed by atoms with van der Waals surface area (Å²) >= 11 is 0. The second kappa shape index (κ2) is 8.88. The van der Waals surface area contributed by atoms with Gasteiger partial charge in [0.1, 0.15) is 24.0 Å². The van der Waals surface area contributed by atoms with Crippen LogP contribution in [0.25, 0.3) is 21.5 Å². The lowest BCUT2D eigenvalue weighted by atomic mass is 9.63. The van der Waals surface area contributed by atoms with Crippen LogP contribution < -0.4 is 10.9 Å². The van der Waals surface area contributed by atoms with Crippen LogP contribution >= 0.6 is 0 Å². The van der Waals surface area contributed by atoms with Gasteiger partial charge in [0.15, 0.2) is 16.6 Å². The first-order valence-corrected chi connectivity index (χ1v) is 14.0. The van der Waals surface area contributed by atoms with E-state index in [1.54, 1.807) is 13.8 Å². The smallest absolute Gasteiger partial charge is 0.342 e. The zero-order chi connectivity index (χ0) is 31.6. The Morgan fingerprint density at radius 3 is 2.43 bits per heavy atom. The Balaban J connectivity index is 1.69. The molecule has 3 N–H and O–H groups in total. The van der Waals surface area contributed by atoms with E-state index in [1.165, 1.54) is 22.9 Å². The maximum absolute atomic E-state index is 14.8. The summed E-state index contributed by atoms with van der Waals surface area (Å²) in [7, 11) is 0. The molecule has 2 bridgehead atoms. The van der Waals surface area contributed by atoms with Gasteiger partial charge in [-0.25, -0.2) is 4.79 Å². The van der Waals surface area contributed by atoms with Gasteiger partial charge in [0, 0.05) is 48.0 Å². The van der Waals surface area contributed by atoms with Crippen molar-refractivity contribution < 1.29 is 44.0 Å². The minimum atomic E-state index is -1.67. The van der Waals surface area contributed by atoms with Crippen molar-refractivity contribution in [2.24, 2.45) is 0 Å². The van der Waals surface area contributed by atoms with Crippen LogP contribution in [0.3, 0.4) is 0 Å². The molecular weight excluding hydrogens is 574 g/mol. The number of benzene rings is 3. The number of fused-ring (bicyclic) bond motifs is 4. The largest absolute Gasteiger partial charge is 0.507 e. The van der Waals surface area contributed by atoms with E-state index in [0.29, 0.717) is 16.5 Å². The van der Waals surface area contributed by atoms with E-state index in [-0.39, 0.29) is 63.4 Å². The number of carboxylic acid groups (broad SMARTS) is 1. The molecule has 3 aliphatic rings. The predicted octanol–water partition coefficient (Wildman–Crippen LogP) is 2.53. The van der Waals surface area contributed by atoms with Crippen LogP contribution in [0.2, 0.25) is 0 Å². The fourth-order valence-electron chi connectivity index (χ4n) is 7.79. The van der Waals surface area contributed by atoms with Crippen LogP contribution in [0.4, 0.5) is 0 Å². The highest BCUT2D eigenvalue weighted by Gasteiger charge is 2.67. The van der Waals surface area contributed by atoms with E-state index in [0.717, 1.165) is 6.92 Å². The second-order valence-electron chi connectivity index (χ2n) is 11.7. The number of Topliss-reactive ketones (excluding diaryl/α,β-unsaturated/α-hetero) is 1. The predicted molar refractivity (Wildman–Crippen MR) is 153 cm³/mol. The fourth-order valence-corrected chi connectivity index (χ4v) is 7.79. The zero-order valence-electron chi connectivity index (χ0n) is 23.8. The maximum Gasteiger partial charge on any atom is 0.342 e. The molecule has 0 radical (unpaired) electrons. The van der Waals surface area contributed by atoms with E-state index in [4.69, 9.17) is 14.6 Å². The molecule has 3 atom stereocenters. The van der Waals surface area contributed by atoms with Crippen molar-refractivity contribution in [2.75, 3.05) is 6.61 Å². The minimum absolute atomic E-state index is 0.00972. The highest BCUT2D eigenvalue weighted by atomic mass is 16.6. The topological polar surface area (TPSA) is 186 Å². The molecule has 2 aliphatic carbocycles.